The molecule has 0 bridgehead atoms. The molecule has 2 aromatic rings. The Kier molecular flexibility index (Phi) is 6.07. The second kappa shape index (κ2) is 8.30. The van der Waals surface area contributed by atoms with Crippen molar-refractivity contribution >= 4 is 34.8 Å². The van der Waals surface area contributed by atoms with Crippen LogP contribution in [0.4, 0.5) is 5.69 Å². The number of carbonyl (C=O) groups is 1. The van der Waals surface area contributed by atoms with Crippen molar-refractivity contribution in [2.75, 3.05) is 25.0 Å². The quantitative estimate of drug-likeness (QED) is 0.776. The molecule has 6 heteroatoms. The molecular formula is C20H22Cl2N2O2. The lowest BCUT2D eigenvalue weighted by Gasteiger charge is -2.27. The Hall–Kier alpha value is -1.75. The number of hydrogen-bond donors (Lipinski definition) is 1. The van der Waals surface area contributed by atoms with Crippen molar-refractivity contribution < 1.29 is 9.53 Å². The number of benzene rings is 2. The number of ether oxygens (including phenoxy) is 1. The van der Waals surface area contributed by atoms with Crippen LogP contribution in [0.15, 0.2) is 30.3 Å². The maximum Gasteiger partial charge on any atom is 0.255 e. The molecule has 0 atom stereocenters. The highest BCUT2D eigenvalue weighted by Crippen LogP contribution is 2.34. The van der Waals surface area contributed by atoms with Crippen LogP contribution in [-0.4, -0.2) is 30.5 Å². The number of nitrogens with one attached hydrogen (secondary N) is 1. The second-order valence-corrected chi connectivity index (χ2v) is 7.07. The molecule has 1 N–H and O–H groups in total. The molecule has 0 aromatic heterocycles. The van der Waals surface area contributed by atoms with Gasteiger partial charge in [0.15, 0.2) is 5.75 Å². The molecule has 1 aliphatic rings. The zero-order valence-electron chi connectivity index (χ0n) is 14.9. The van der Waals surface area contributed by atoms with Crippen molar-refractivity contribution in [3.63, 3.8) is 0 Å². The van der Waals surface area contributed by atoms with E-state index in [4.69, 9.17) is 27.9 Å². The van der Waals surface area contributed by atoms with Gasteiger partial charge < -0.3 is 10.1 Å². The third kappa shape index (κ3) is 4.14. The third-order valence-electron chi connectivity index (χ3n) is 4.55. The van der Waals surface area contributed by atoms with Crippen molar-refractivity contribution in [1.29, 1.82) is 0 Å². The summed E-state index contributed by atoms with van der Waals surface area (Å²) in [5, 5.41) is 3.59. The molecule has 0 fully saturated rings. The van der Waals surface area contributed by atoms with Gasteiger partial charge >= 0.3 is 0 Å². The SMILES string of the molecule is CCOc1c(Cl)cc(C(=O)Nc2ccc3c(c2)CN(CC)CC3)cc1Cl. The topological polar surface area (TPSA) is 41.6 Å². The van der Waals surface area contributed by atoms with Crippen LogP contribution >= 0.6 is 23.2 Å². The molecule has 138 valence electrons. The number of anilines is 1. The molecule has 0 radical (unpaired) electrons. The van der Waals surface area contributed by atoms with Gasteiger partial charge in [-0.15, -0.1) is 0 Å². The monoisotopic (exact) mass is 392 g/mol. The lowest BCUT2D eigenvalue weighted by Crippen LogP contribution is -2.30. The first-order chi connectivity index (χ1) is 12.5. The van der Waals surface area contributed by atoms with E-state index in [1.807, 2.05) is 19.1 Å². The lowest BCUT2D eigenvalue weighted by atomic mass is 9.99. The van der Waals surface area contributed by atoms with Crippen molar-refractivity contribution in [3.05, 3.63) is 57.1 Å². The Morgan fingerprint density at radius 1 is 1.15 bits per heavy atom. The fourth-order valence-electron chi connectivity index (χ4n) is 3.14. The summed E-state index contributed by atoms with van der Waals surface area (Å²) in [7, 11) is 0. The Morgan fingerprint density at radius 2 is 1.88 bits per heavy atom. The molecule has 0 spiro atoms. The van der Waals surface area contributed by atoms with Crippen molar-refractivity contribution in [2.24, 2.45) is 0 Å². The first-order valence-corrected chi connectivity index (χ1v) is 9.54. The molecule has 1 heterocycles. The normalized spacial score (nSPS) is 14.0. The highest BCUT2D eigenvalue weighted by Gasteiger charge is 2.17. The Labute approximate surface area is 164 Å². The number of amides is 1. The summed E-state index contributed by atoms with van der Waals surface area (Å²) in [5.41, 5.74) is 3.78. The standard InChI is InChI=1S/C20H22Cl2N2O2/c1-3-24-8-7-13-5-6-16(9-15(13)12-24)23-20(25)14-10-17(21)19(26-4-2)18(22)11-14/h5-6,9-11H,3-4,7-8,12H2,1-2H3,(H,23,25). The minimum absolute atomic E-state index is 0.250. The van der Waals surface area contributed by atoms with Gasteiger partial charge in [0.05, 0.1) is 16.7 Å². The number of rotatable bonds is 5. The predicted octanol–water partition coefficient (Wildman–Crippen LogP) is 5.02. The fraction of sp³-hybridized carbons (Fsp3) is 0.350. The van der Waals surface area contributed by atoms with Crippen LogP contribution in [0.25, 0.3) is 0 Å². The molecule has 1 aliphatic heterocycles. The van der Waals surface area contributed by atoms with Gasteiger partial charge in [0.2, 0.25) is 0 Å². The van der Waals surface area contributed by atoms with Crippen LogP contribution in [0, 0.1) is 0 Å². The highest BCUT2D eigenvalue weighted by atomic mass is 35.5. The summed E-state index contributed by atoms with van der Waals surface area (Å²) >= 11 is 12.4. The number of nitrogens with zero attached hydrogens (tertiary/aromatic N) is 1. The summed E-state index contributed by atoms with van der Waals surface area (Å²) in [5.74, 6) is 0.153. The Bertz CT molecular complexity index is 800. The van der Waals surface area contributed by atoms with E-state index < -0.39 is 0 Å². The number of fused-ring (bicyclic) bond motifs is 1. The van der Waals surface area contributed by atoms with Gasteiger partial charge in [-0.25, -0.2) is 0 Å². The lowest BCUT2D eigenvalue weighted by molar-refractivity contribution is 0.102. The van der Waals surface area contributed by atoms with Crippen LogP contribution in [-0.2, 0) is 13.0 Å². The van der Waals surface area contributed by atoms with Crippen LogP contribution in [0.3, 0.4) is 0 Å². The molecule has 1 amide bonds. The molecular weight excluding hydrogens is 371 g/mol. The molecule has 0 saturated carbocycles. The number of halogens is 2. The third-order valence-corrected chi connectivity index (χ3v) is 5.11. The summed E-state index contributed by atoms with van der Waals surface area (Å²) < 4.78 is 5.40. The minimum atomic E-state index is -0.250. The van der Waals surface area contributed by atoms with E-state index in [-0.39, 0.29) is 5.91 Å². The molecule has 3 rings (SSSR count). The van der Waals surface area contributed by atoms with E-state index >= 15 is 0 Å². The first-order valence-electron chi connectivity index (χ1n) is 8.79. The van der Waals surface area contributed by atoms with E-state index in [9.17, 15) is 4.79 Å². The number of carbonyl (C=O) groups excluding carboxylic acids is 1. The summed E-state index contributed by atoms with van der Waals surface area (Å²) in [4.78, 5) is 15.0. The van der Waals surface area contributed by atoms with E-state index in [1.54, 1.807) is 12.1 Å². The van der Waals surface area contributed by atoms with Crippen molar-refractivity contribution in [3.8, 4) is 5.75 Å². The van der Waals surface area contributed by atoms with E-state index in [0.717, 1.165) is 31.7 Å². The summed E-state index contributed by atoms with van der Waals surface area (Å²) in [6, 6.07) is 9.23. The van der Waals surface area contributed by atoms with Crippen molar-refractivity contribution in [2.45, 2.75) is 26.8 Å². The van der Waals surface area contributed by atoms with Gasteiger partial charge in [0.25, 0.3) is 5.91 Å². The van der Waals surface area contributed by atoms with E-state index in [0.29, 0.717) is 28.0 Å². The van der Waals surface area contributed by atoms with E-state index in [1.165, 1.54) is 11.1 Å². The van der Waals surface area contributed by atoms with E-state index in [2.05, 4.69) is 23.2 Å². The average Bonchev–Trinajstić information content (AvgIpc) is 2.63. The highest BCUT2D eigenvalue weighted by molar-refractivity contribution is 6.37. The first kappa shape index (κ1) is 19.0. The maximum absolute atomic E-state index is 12.6. The van der Waals surface area contributed by atoms with Crippen LogP contribution in [0.1, 0.15) is 35.3 Å². The zero-order valence-corrected chi connectivity index (χ0v) is 16.5. The fourth-order valence-corrected chi connectivity index (χ4v) is 3.74. The molecule has 0 aliphatic carbocycles. The molecule has 26 heavy (non-hydrogen) atoms. The molecule has 4 nitrogen and oxygen atoms in total. The van der Waals surface area contributed by atoms with Gasteiger partial charge in [-0.05, 0) is 55.3 Å². The number of hydrogen-bond acceptors (Lipinski definition) is 3. The Balaban J connectivity index is 1.78. The maximum atomic E-state index is 12.6. The van der Waals surface area contributed by atoms with Gasteiger partial charge in [-0.3, -0.25) is 9.69 Å². The summed E-state index contributed by atoms with van der Waals surface area (Å²) in [6.45, 7) is 7.49. The molecule has 0 saturated heterocycles. The van der Waals surface area contributed by atoms with Gasteiger partial charge in [-0.2, -0.15) is 0 Å². The van der Waals surface area contributed by atoms with Gasteiger partial charge in [-0.1, -0.05) is 36.2 Å². The van der Waals surface area contributed by atoms with Crippen molar-refractivity contribution in [1.82, 2.24) is 4.90 Å². The average molecular weight is 393 g/mol. The largest absolute Gasteiger partial charge is 0.491 e. The Morgan fingerprint density at radius 3 is 2.54 bits per heavy atom. The molecule has 2 aromatic carbocycles. The smallest absolute Gasteiger partial charge is 0.255 e. The molecule has 0 unspecified atom stereocenters. The number of likely N-dealkylation sites (N-methyl/N-ethyl adjacent to an activating group) is 1. The van der Waals surface area contributed by atoms with Gasteiger partial charge in [0.1, 0.15) is 0 Å². The second-order valence-electron chi connectivity index (χ2n) is 6.26. The van der Waals surface area contributed by atoms with Gasteiger partial charge in [0, 0.05) is 24.3 Å². The minimum Gasteiger partial charge on any atom is -0.491 e. The predicted molar refractivity (Wildman–Crippen MR) is 107 cm³/mol. The van der Waals surface area contributed by atoms with Crippen LogP contribution < -0.4 is 10.1 Å². The van der Waals surface area contributed by atoms with Crippen LogP contribution in [0.5, 0.6) is 5.75 Å². The summed E-state index contributed by atoms with van der Waals surface area (Å²) in [6.07, 6.45) is 1.04. The van der Waals surface area contributed by atoms with Crippen LogP contribution in [0.2, 0.25) is 10.0 Å². The zero-order chi connectivity index (χ0) is 18.7.